The smallest absolute Gasteiger partial charge is 0.119 e. The molecular formula is C16H18ClNO. The fourth-order valence-corrected chi connectivity index (χ4v) is 2.12. The first kappa shape index (κ1) is 13.9. The van der Waals surface area contributed by atoms with Gasteiger partial charge >= 0.3 is 0 Å². The largest absolute Gasteiger partial charge is 0.494 e. The highest BCUT2D eigenvalue weighted by atomic mass is 35.5. The van der Waals surface area contributed by atoms with Gasteiger partial charge in [-0.1, -0.05) is 36.7 Å². The normalized spacial score (nSPS) is 10.5. The zero-order valence-electron chi connectivity index (χ0n) is 11.0. The van der Waals surface area contributed by atoms with Gasteiger partial charge in [-0.25, -0.2) is 0 Å². The highest BCUT2D eigenvalue weighted by Gasteiger charge is 2.05. The molecule has 2 aromatic rings. The minimum atomic E-state index is 0.501. The summed E-state index contributed by atoms with van der Waals surface area (Å²) in [5.74, 6) is 0.891. The van der Waals surface area contributed by atoms with E-state index >= 15 is 0 Å². The minimum Gasteiger partial charge on any atom is -0.494 e. The maximum Gasteiger partial charge on any atom is 0.119 e. The Morgan fingerprint density at radius 2 is 1.84 bits per heavy atom. The summed E-state index contributed by atoms with van der Waals surface area (Å²) in [6, 6.07) is 13.8. The number of nitrogens with two attached hydrogens (primary N) is 1. The van der Waals surface area contributed by atoms with Gasteiger partial charge in [0, 0.05) is 11.6 Å². The van der Waals surface area contributed by atoms with Crippen LogP contribution in [0.3, 0.4) is 0 Å². The average molecular weight is 276 g/mol. The van der Waals surface area contributed by atoms with E-state index < -0.39 is 0 Å². The van der Waals surface area contributed by atoms with Gasteiger partial charge in [0.1, 0.15) is 5.75 Å². The SMILES string of the molecule is CCCOc1ccc(-c2cc(Cl)ccc2CN)cc1. The molecule has 2 N–H and O–H groups in total. The van der Waals surface area contributed by atoms with Crippen molar-refractivity contribution in [3.05, 3.63) is 53.1 Å². The molecule has 0 radical (unpaired) electrons. The lowest BCUT2D eigenvalue weighted by atomic mass is 10.00. The summed E-state index contributed by atoms with van der Waals surface area (Å²) < 4.78 is 5.58. The lowest BCUT2D eigenvalue weighted by molar-refractivity contribution is 0.317. The molecule has 0 heterocycles. The first-order chi connectivity index (χ1) is 9.24. The molecule has 0 aliphatic rings. The third kappa shape index (κ3) is 3.49. The monoisotopic (exact) mass is 275 g/mol. The van der Waals surface area contributed by atoms with E-state index in [9.17, 15) is 0 Å². The van der Waals surface area contributed by atoms with Crippen LogP contribution in [0.15, 0.2) is 42.5 Å². The zero-order chi connectivity index (χ0) is 13.7. The van der Waals surface area contributed by atoms with Gasteiger partial charge in [0.25, 0.3) is 0 Å². The first-order valence-corrected chi connectivity index (χ1v) is 6.84. The van der Waals surface area contributed by atoms with Crippen molar-refractivity contribution in [3.8, 4) is 16.9 Å². The molecule has 19 heavy (non-hydrogen) atoms. The fourth-order valence-electron chi connectivity index (χ4n) is 1.95. The Morgan fingerprint density at radius 1 is 1.11 bits per heavy atom. The minimum absolute atomic E-state index is 0.501. The molecule has 100 valence electrons. The number of halogens is 1. The second-order valence-electron chi connectivity index (χ2n) is 4.38. The van der Waals surface area contributed by atoms with E-state index in [2.05, 4.69) is 6.92 Å². The van der Waals surface area contributed by atoms with Gasteiger partial charge in [-0.15, -0.1) is 0 Å². The van der Waals surface area contributed by atoms with Crippen molar-refractivity contribution in [2.24, 2.45) is 5.73 Å². The van der Waals surface area contributed by atoms with E-state index in [1.54, 1.807) is 0 Å². The van der Waals surface area contributed by atoms with Gasteiger partial charge in [-0.3, -0.25) is 0 Å². The predicted octanol–water partition coefficient (Wildman–Crippen LogP) is 4.25. The van der Waals surface area contributed by atoms with E-state index in [1.165, 1.54) is 0 Å². The second kappa shape index (κ2) is 6.60. The van der Waals surface area contributed by atoms with Gasteiger partial charge < -0.3 is 10.5 Å². The van der Waals surface area contributed by atoms with E-state index in [0.717, 1.165) is 40.5 Å². The third-order valence-electron chi connectivity index (χ3n) is 2.93. The number of rotatable bonds is 5. The first-order valence-electron chi connectivity index (χ1n) is 6.46. The molecule has 0 spiro atoms. The molecule has 0 bridgehead atoms. The zero-order valence-corrected chi connectivity index (χ0v) is 11.8. The predicted molar refractivity (Wildman–Crippen MR) is 80.6 cm³/mol. The van der Waals surface area contributed by atoms with Crippen LogP contribution in [0.25, 0.3) is 11.1 Å². The highest BCUT2D eigenvalue weighted by molar-refractivity contribution is 6.30. The lowest BCUT2D eigenvalue weighted by Crippen LogP contribution is -1.99. The van der Waals surface area contributed by atoms with Crippen LogP contribution < -0.4 is 10.5 Å². The Balaban J connectivity index is 2.29. The summed E-state index contributed by atoms with van der Waals surface area (Å²) >= 11 is 6.06. The van der Waals surface area contributed by atoms with E-state index in [1.807, 2.05) is 42.5 Å². The number of ether oxygens (including phenoxy) is 1. The van der Waals surface area contributed by atoms with Crippen LogP contribution in [0, 0.1) is 0 Å². The Labute approximate surface area is 119 Å². The molecule has 0 atom stereocenters. The van der Waals surface area contributed by atoms with Crippen molar-refractivity contribution in [2.45, 2.75) is 19.9 Å². The standard InChI is InChI=1S/C16H18ClNO/c1-2-9-19-15-7-4-12(5-8-15)16-10-14(17)6-3-13(16)11-18/h3-8,10H,2,9,11,18H2,1H3. The van der Waals surface area contributed by atoms with Crippen LogP contribution in [0.1, 0.15) is 18.9 Å². The van der Waals surface area contributed by atoms with Crippen LogP contribution in [-0.2, 0) is 6.54 Å². The summed E-state index contributed by atoms with van der Waals surface area (Å²) in [6.45, 7) is 3.33. The van der Waals surface area contributed by atoms with Crippen LogP contribution in [0.4, 0.5) is 0 Å². The molecule has 3 heteroatoms. The molecular weight excluding hydrogens is 258 g/mol. The summed E-state index contributed by atoms with van der Waals surface area (Å²) in [5, 5.41) is 0.721. The quantitative estimate of drug-likeness (QED) is 0.885. The van der Waals surface area contributed by atoms with Crippen molar-refractivity contribution in [2.75, 3.05) is 6.61 Å². The Morgan fingerprint density at radius 3 is 2.47 bits per heavy atom. The van der Waals surface area contributed by atoms with Crippen molar-refractivity contribution >= 4 is 11.6 Å². The molecule has 0 aromatic heterocycles. The second-order valence-corrected chi connectivity index (χ2v) is 4.81. The summed E-state index contributed by atoms with van der Waals surface area (Å²) in [4.78, 5) is 0. The fraction of sp³-hybridized carbons (Fsp3) is 0.250. The molecule has 2 aromatic carbocycles. The maximum absolute atomic E-state index is 6.06. The molecule has 0 aliphatic carbocycles. The molecule has 0 saturated heterocycles. The van der Waals surface area contributed by atoms with Gasteiger partial charge in [-0.05, 0) is 47.4 Å². The number of benzene rings is 2. The van der Waals surface area contributed by atoms with Crippen LogP contribution in [0.2, 0.25) is 5.02 Å². The summed E-state index contributed by atoms with van der Waals surface area (Å²) in [6.07, 6.45) is 1.01. The topological polar surface area (TPSA) is 35.2 Å². The molecule has 0 aliphatic heterocycles. The Bertz CT molecular complexity index is 537. The molecule has 2 rings (SSSR count). The van der Waals surface area contributed by atoms with Gasteiger partial charge in [0.15, 0.2) is 0 Å². The van der Waals surface area contributed by atoms with Crippen LogP contribution in [-0.4, -0.2) is 6.61 Å². The third-order valence-corrected chi connectivity index (χ3v) is 3.17. The molecule has 0 fully saturated rings. The number of hydrogen-bond donors (Lipinski definition) is 1. The Kier molecular flexibility index (Phi) is 4.83. The van der Waals surface area contributed by atoms with Gasteiger partial charge in [-0.2, -0.15) is 0 Å². The summed E-state index contributed by atoms with van der Waals surface area (Å²) in [5.41, 5.74) is 9.04. The highest BCUT2D eigenvalue weighted by Crippen LogP contribution is 2.28. The molecule has 2 nitrogen and oxygen atoms in total. The molecule has 0 saturated carbocycles. The van der Waals surface area contributed by atoms with Crippen LogP contribution in [0.5, 0.6) is 5.75 Å². The van der Waals surface area contributed by atoms with Crippen LogP contribution >= 0.6 is 11.6 Å². The van der Waals surface area contributed by atoms with E-state index in [4.69, 9.17) is 22.1 Å². The summed E-state index contributed by atoms with van der Waals surface area (Å²) in [7, 11) is 0. The van der Waals surface area contributed by atoms with Crippen molar-refractivity contribution in [1.29, 1.82) is 0 Å². The molecule has 0 amide bonds. The lowest BCUT2D eigenvalue weighted by Gasteiger charge is -2.10. The molecule has 0 unspecified atom stereocenters. The van der Waals surface area contributed by atoms with E-state index in [0.29, 0.717) is 6.54 Å². The average Bonchev–Trinajstić information content (AvgIpc) is 2.45. The van der Waals surface area contributed by atoms with Gasteiger partial charge in [0.05, 0.1) is 6.61 Å². The van der Waals surface area contributed by atoms with Crippen molar-refractivity contribution in [3.63, 3.8) is 0 Å². The number of hydrogen-bond acceptors (Lipinski definition) is 2. The maximum atomic E-state index is 6.06. The van der Waals surface area contributed by atoms with Crippen molar-refractivity contribution in [1.82, 2.24) is 0 Å². The van der Waals surface area contributed by atoms with Gasteiger partial charge in [0.2, 0.25) is 0 Å². The Hall–Kier alpha value is -1.51. The van der Waals surface area contributed by atoms with E-state index in [-0.39, 0.29) is 0 Å². The van der Waals surface area contributed by atoms with Crippen molar-refractivity contribution < 1.29 is 4.74 Å².